The number of nitrogens with zero attached hydrogens (tertiary/aromatic N) is 4. The van der Waals surface area contributed by atoms with Crippen LogP contribution < -0.4 is 10.2 Å². The first-order chi connectivity index (χ1) is 15.7. The number of pyridine rings is 1. The second-order valence-electron chi connectivity index (χ2n) is 7.48. The molecule has 0 radical (unpaired) electrons. The summed E-state index contributed by atoms with van der Waals surface area (Å²) in [5.41, 5.74) is 3.52. The summed E-state index contributed by atoms with van der Waals surface area (Å²) in [5.74, 6) is 0.146. The molecule has 0 fully saturated rings. The maximum atomic E-state index is 13.2. The summed E-state index contributed by atoms with van der Waals surface area (Å²) < 4.78 is 0. The number of benzene rings is 2. The van der Waals surface area contributed by atoms with E-state index in [9.17, 15) is 9.59 Å². The average Bonchev–Trinajstić information content (AvgIpc) is 3.51. The highest BCUT2D eigenvalue weighted by Gasteiger charge is 2.35. The summed E-state index contributed by atoms with van der Waals surface area (Å²) >= 11 is 0. The second kappa shape index (κ2) is 8.43. The SMILES string of the molecule is O=C(NCc1ccccn1)c1ccc2c(c1)C(c1ncn[nH]1)CN2C(=O)c1ccccc1. The molecular weight excluding hydrogens is 404 g/mol. The zero-order valence-electron chi connectivity index (χ0n) is 17.1. The van der Waals surface area contributed by atoms with Crippen LogP contribution in [0.2, 0.25) is 0 Å². The Labute approximate surface area is 184 Å². The minimum absolute atomic E-state index is 0.0961. The van der Waals surface area contributed by atoms with Crippen molar-refractivity contribution in [2.45, 2.75) is 12.5 Å². The number of fused-ring (bicyclic) bond motifs is 1. The van der Waals surface area contributed by atoms with Gasteiger partial charge in [0.1, 0.15) is 12.2 Å². The molecule has 1 atom stereocenters. The van der Waals surface area contributed by atoms with Crippen LogP contribution in [0.4, 0.5) is 5.69 Å². The number of nitrogens with one attached hydrogen (secondary N) is 2. The van der Waals surface area contributed by atoms with Gasteiger partial charge in [0.15, 0.2) is 0 Å². The zero-order chi connectivity index (χ0) is 21.9. The summed E-state index contributed by atoms with van der Waals surface area (Å²) in [6, 6.07) is 20.1. The Hall–Kier alpha value is -4.33. The maximum absolute atomic E-state index is 13.2. The van der Waals surface area contributed by atoms with Crippen LogP contribution in [0.5, 0.6) is 0 Å². The summed E-state index contributed by atoms with van der Waals surface area (Å²) in [4.78, 5) is 36.2. The molecule has 2 amide bonds. The molecule has 2 aromatic heterocycles. The lowest BCUT2D eigenvalue weighted by Crippen LogP contribution is -2.30. The lowest BCUT2D eigenvalue weighted by molar-refractivity contribution is 0.0949. The van der Waals surface area contributed by atoms with Crippen molar-refractivity contribution in [2.24, 2.45) is 0 Å². The molecular formula is C24H20N6O2. The zero-order valence-corrected chi connectivity index (χ0v) is 17.1. The Morgan fingerprint density at radius 3 is 2.59 bits per heavy atom. The third-order valence-electron chi connectivity index (χ3n) is 5.51. The van der Waals surface area contributed by atoms with E-state index >= 15 is 0 Å². The van der Waals surface area contributed by atoms with E-state index in [-0.39, 0.29) is 17.7 Å². The number of carbonyl (C=O) groups is 2. The third-order valence-corrected chi connectivity index (χ3v) is 5.51. The maximum Gasteiger partial charge on any atom is 0.258 e. The quantitative estimate of drug-likeness (QED) is 0.513. The minimum atomic E-state index is -0.206. The predicted molar refractivity (Wildman–Crippen MR) is 118 cm³/mol. The molecule has 5 rings (SSSR count). The molecule has 1 aliphatic rings. The van der Waals surface area contributed by atoms with Crippen molar-refractivity contribution in [3.05, 3.63) is 107 Å². The molecule has 8 nitrogen and oxygen atoms in total. The van der Waals surface area contributed by atoms with Crippen molar-refractivity contribution in [3.63, 3.8) is 0 Å². The Balaban J connectivity index is 1.45. The highest BCUT2D eigenvalue weighted by Crippen LogP contribution is 2.40. The summed E-state index contributed by atoms with van der Waals surface area (Å²) in [7, 11) is 0. The summed E-state index contributed by atoms with van der Waals surface area (Å²) in [6.45, 7) is 0.748. The van der Waals surface area contributed by atoms with Gasteiger partial charge in [0.05, 0.1) is 18.2 Å². The standard InChI is InChI=1S/C24H20N6O2/c31-23(26-13-18-8-4-5-11-25-18)17-9-10-21-19(12-17)20(22-27-15-28-29-22)14-30(21)24(32)16-6-2-1-3-7-16/h1-12,15,20H,13-14H2,(H,26,31)(H,27,28,29). The van der Waals surface area contributed by atoms with Crippen LogP contribution in [0, 0.1) is 0 Å². The number of amides is 2. The fourth-order valence-corrected chi connectivity index (χ4v) is 3.92. The van der Waals surface area contributed by atoms with Gasteiger partial charge in [-0.25, -0.2) is 4.98 Å². The molecule has 0 spiro atoms. The van der Waals surface area contributed by atoms with Gasteiger partial charge < -0.3 is 10.2 Å². The van der Waals surface area contributed by atoms with Crippen LogP contribution in [-0.4, -0.2) is 38.5 Å². The van der Waals surface area contributed by atoms with E-state index in [2.05, 4.69) is 25.5 Å². The van der Waals surface area contributed by atoms with Crippen molar-refractivity contribution in [2.75, 3.05) is 11.4 Å². The topological polar surface area (TPSA) is 104 Å². The van der Waals surface area contributed by atoms with Crippen molar-refractivity contribution >= 4 is 17.5 Å². The predicted octanol–water partition coefficient (Wildman–Crippen LogP) is 2.92. The molecule has 2 N–H and O–H groups in total. The Kier molecular flexibility index (Phi) is 5.17. The Morgan fingerprint density at radius 2 is 1.84 bits per heavy atom. The molecule has 0 bridgehead atoms. The Morgan fingerprint density at radius 1 is 1.00 bits per heavy atom. The van der Waals surface area contributed by atoms with Crippen LogP contribution in [0.15, 0.2) is 79.3 Å². The van der Waals surface area contributed by atoms with E-state index in [4.69, 9.17) is 0 Å². The lowest BCUT2D eigenvalue weighted by Gasteiger charge is -2.18. The number of carbonyl (C=O) groups excluding carboxylic acids is 2. The van der Waals surface area contributed by atoms with Gasteiger partial charge >= 0.3 is 0 Å². The Bertz CT molecular complexity index is 1240. The molecule has 0 saturated carbocycles. The van der Waals surface area contributed by atoms with Crippen molar-refractivity contribution < 1.29 is 9.59 Å². The van der Waals surface area contributed by atoms with Gasteiger partial charge in [0.2, 0.25) is 0 Å². The molecule has 1 unspecified atom stereocenters. The van der Waals surface area contributed by atoms with Crippen LogP contribution in [-0.2, 0) is 6.54 Å². The molecule has 0 saturated heterocycles. The summed E-state index contributed by atoms with van der Waals surface area (Å²) in [5, 5.41) is 9.77. The highest BCUT2D eigenvalue weighted by atomic mass is 16.2. The van der Waals surface area contributed by atoms with Gasteiger partial charge in [-0.2, -0.15) is 5.10 Å². The van der Waals surface area contributed by atoms with E-state index in [0.717, 1.165) is 16.9 Å². The average molecular weight is 424 g/mol. The number of anilines is 1. The van der Waals surface area contributed by atoms with E-state index in [0.29, 0.717) is 30.0 Å². The molecule has 158 valence electrons. The van der Waals surface area contributed by atoms with Crippen LogP contribution in [0.1, 0.15) is 43.7 Å². The molecule has 1 aliphatic heterocycles. The van der Waals surface area contributed by atoms with Crippen LogP contribution in [0.3, 0.4) is 0 Å². The largest absolute Gasteiger partial charge is 0.346 e. The van der Waals surface area contributed by atoms with Crippen LogP contribution in [0.25, 0.3) is 0 Å². The third kappa shape index (κ3) is 3.74. The number of hydrogen-bond donors (Lipinski definition) is 2. The monoisotopic (exact) mass is 424 g/mol. The van der Waals surface area contributed by atoms with Crippen molar-refractivity contribution in [1.29, 1.82) is 0 Å². The van der Waals surface area contributed by atoms with Gasteiger partial charge in [-0.15, -0.1) is 0 Å². The van der Waals surface area contributed by atoms with E-state index in [1.807, 2.05) is 48.5 Å². The molecule has 0 aliphatic carbocycles. The number of H-pyrrole nitrogens is 1. The fraction of sp³-hybridized carbons (Fsp3) is 0.125. The molecule has 32 heavy (non-hydrogen) atoms. The first-order valence-corrected chi connectivity index (χ1v) is 10.2. The van der Waals surface area contributed by atoms with Gasteiger partial charge in [-0.1, -0.05) is 24.3 Å². The minimum Gasteiger partial charge on any atom is -0.346 e. The number of aromatic nitrogens is 4. The number of hydrogen-bond acceptors (Lipinski definition) is 5. The van der Waals surface area contributed by atoms with Gasteiger partial charge in [-0.3, -0.25) is 19.7 Å². The van der Waals surface area contributed by atoms with Crippen molar-refractivity contribution in [1.82, 2.24) is 25.5 Å². The fourth-order valence-electron chi connectivity index (χ4n) is 3.92. The normalized spacial score (nSPS) is 14.8. The van der Waals surface area contributed by atoms with Crippen LogP contribution >= 0.6 is 0 Å². The highest BCUT2D eigenvalue weighted by molar-refractivity contribution is 6.08. The van der Waals surface area contributed by atoms with Gasteiger partial charge in [0, 0.05) is 29.6 Å². The molecule has 3 heterocycles. The smallest absolute Gasteiger partial charge is 0.258 e. The van der Waals surface area contributed by atoms with Crippen molar-refractivity contribution in [3.8, 4) is 0 Å². The van der Waals surface area contributed by atoms with E-state index in [1.54, 1.807) is 29.3 Å². The van der Waals surface area contributed by atoms with E-state index < -0.39 is 0 Å². The van der Waals surface area contributed by atoms with Gasteiger partial charge in [-0.05, 0) is 48.0 Å². The first-order valence-electron chi connectivity index (χ1n) is 10.2. The lowest BCUT2D eigenvalue weighted by atomic mass is 9.98. The molecule has 8 heteroatoms. The van der Waals surface area contributed by atoms with Gasteiger partial charge in [0.25, 0.3) is 11.8 Å². The second-order valence-corrected chi connectivity index (χ2v) is 7.48. The van der Waals surface area contributed by atoms with E-state index in [1.165, 1.54) is 6.33 Å². The molecule has 4 aromatic rings. The number of aromatic amines is 1. The molecule has 2 aromatic carbocycles. The summed E-state index contributed by atoms with van der Waals surface area (Å²) in [6.07, 6.45) is 3.14. The first kappa shape index (κ1) is 19.6. The number of rotatable bonds is 5.